The fourth-order valence-corrected chi connectivity index (χ4v) is 2.79. The molecular weight excluding hydrogens is 274 g/mol. The number of nitrogens with two attached hydrogens (primary N) is 1. The number of thiophene rings is 1. The first kappa shape index (κ1) is 14.4. The quantitative estimate of drug-likeness (QED) is 0.573. The molecule has 1 amide bonds. The van der Waals surface area contributed by atoms with Crippen molar-refractivity contribution < 1.29 is 4.79 Å². The highest BCUT2D eigenvalue weighted by Gasteiger charge is 2.12. The van der Waals surface area contributed by atoms with Gasteiger partial charge in [0.15, 0.2) is 11.5 Å². The number of hydrazine groups is 1. The van der Waals surface area contributed by atoms with Crippen molar-refractivity contribution in [2.24, 2.45) is 5.84 Å². The van der Waals surface area contributed by atoms with Crippen LogP contribution in [0.15, 0.2) is 24.3 Å². The van der Waals surface area contributed by atoms with Gasteiger partial charge in [-0.1, -0.05) is 0 Å². The summed E-state index contributed by atoms with van der Waals surface area (Å²) in [5, 5.41) is 10.5. The van der Waals surface area contributed by atoms with E-state index < -0.39 is 0 Å². The van der Waals surface area contributed by atoms with Gasteiger partial charge in [-0.2, -0.15) is 0 Å². The lowest BCUT2D eigenvalue weighted by Crippen LogP contribution is -2.34. The molecule has 0 aromatic carbocycles. The zero-order valence-corrected chi connectivity index (χ0v) is 12.2. The molecule has 2 aromatic rings. The third-order valence-electron chi connectivity index (χ3n) is 2.73. The maximum absolute atomic E-state index is 12.0. The van der Waals surface area contributed by atoms with Crippen LogP contribution in [-0.4, -0.2) is 22.1 Å². The number of nitrogens with one attached hydrogen (secondary N) is 2. The first-order valence-electron chi connectivity index (χ1n) is 6.25. The number of carbonyl (C=O) groups is 1. The van der Waals surface area contributed by atoms with E-state index in [-0.39, 0.29) is 17.6 Å². The standard InChI is InChI=1S/C13H17N5OS/c1-8(7-10-4-3-9(2)20-10)15-13(19)11-5-6-12(16-14)18-17-11/h3-6,8H,7,14H2,1-2H3,(H,15,19)(H,16,18). The first-order chi connectivity index (χ1) is 9.58. The highest BCUT2D eigenvalue weighted by Crippen LogP contribution is 2.16. The van der Waals surface area contributed by atoms with E-state index in [1.54, 1.807) is 23.5 Å². The van der Waals surface area contributed by atoms with Crippen LogP contribution in [0.4, 0.5) is 5.82 Å². The molecule has 1 atom stereocenters. The Hall–Kier alpha value is -1.99. The van der Waals surface area contributed by atoms with Gasteiger partial charge in [0.1, 0.15) is 0 Å². The van der Waals surface area contributed by atoms with E-state index in [9.17, 15) is 4.79 Å². The van der Waals surface area contributed by atoms with Gasteiger partial charge in [-0.05, 0) is 38.1 Å². The number of nitrogen functional groups attached to an aromatic ring is 1. The fraction of sp³-hybridized carbons (Fsp3) is 0.308. The van der Waals surface area contributed by atoms with Crippen LogP contribution in [0.3, 0.4) is 0 Å². The average molecular weight is 291 g/mol. The van der Waals surface area contributed by atoms with Gasteiger partial charge < -0.3 is 10.7 Å². The smallest absolute Gasteiger partial charge is 0.272 e. The Morgan fingerprint density at radius 3 is 2.70 bits per heavy atom. The van der Waals surface area contributed by atoms with Crippen LogP contribution in [0, 0.1) is 6.92 Å². The summed E-state index contributed by atoms with van der Waals surface area (Å²) < 4.78 is 0. The molecule has 20 heavy (non-hydrogen) atoms. The molecule has 106 valence electrons. The molecule has 0 radical (unpaired) electrons. The summed E-state index contributed by atoms with van der Waals surface area (Å²) in [7, 11) is 0. The van der Waals surface area contributed by atoms with E-state index in [0.717, 1.165) is 6.42 Å². The van der Waals surface area contributed by atoms with Gasteiger partial charge in [0.25, 0.3) is 5.91 Å². The second-order valence-corrected chi connectivity index (χ2v) is 5.91. The number of hydrogen-bond acceptors (Lipinski definition) is 6. The number of aryl methyl sites for hydroxylation is 1. The van der Waals surface area contributed by atoms with Gasteiger partial charge in [-0.15, -0.1) is 21.5 Å². The van der Waals surface area contributed by atoms with Crippen molar-refractivity contribution in [1.29, 1.82) is 0 Å². The van der Waals surface area contributed by atoms with Crippen molar-refractivity contribution >= 4 is 23.1 Å². The molecule has 2 heterocycles. The largest absolute Gasteiger partial charge is 0.348 e. The van der Waals surface area contributed by atoms with Crippen molar-refractivity contribution in [2.45, 2.75) is 26.3 Å². The Morgan fingerprint density at radius 1 is 1.35 bits per heavy atom. The van der Waals surface area contributed by atoms with Crippen LogP contribution in [0.2, 0.25) is 0 Å². The zero-order valence-electron chi connectivity index (χ0n) is 11.4. The monoisotopic (exact) mass is 291 g/mol. The van der Waals surface area contributed by atoms with Crippen LogP contribution >= 0.6 is 11.3 Å². The molecule has 4 N–H and O–H groups in total. The van der Waals surface area contributed by atoms with Gasteiger partial charge in [-0.25, -0.2) is 5.84 Å². The van der Waals surface area contributed by atoms with Crippen molar-refractivity contribution in [1.82, 2.24) is 15.5 Å². The highest BCUT2D eigenvalue weighted by molar-refractivity contribution is 7.11. The van der Waals surface area contributed by atoms with E-state index in [4.69, 9.17) is 5.84 Å². The second kappa shape index (κ2) is 6.44. The van der Waals surface area contributed by atoms with E-state index in [1.807, 2.05) is 6.92 Å². The van der Waals surface area contributed by atoms with E-state index in [1.165, 1.54) is 9.75 Å². The van der Waals surface area contributed by atoms with E-state index in [0.29, 0.717) is 5.82 Å². The molecule has 1 unspecified atom stereocenters. The third kappa shape index (κ3) is 3.75. The molecule has 0 aliphatic heterocycles. The molecule has 0 fully saturated rings. The predicted octanol–water partition coefficient (Wildman–Crippen LogP) is 1.49. The summed E-state index contributed by atoms with van der Waals surface area (Å²) in [6.45, 7) is 4.04. The van der Waals surface area contributed by atoms with Crippen molar-refractivity contribution in [3.63, 3.8) is 0 Å². The van der Waals surface area contributed by atoms with E-state index in [2.05, 4.69) is 40.0 Å². The van der Waals surface area contributed by atoms with Crippen molar-refractivity contribution in [3.05, 3.63) is 39.7 Å². The average Bonchev–Trinajstić information content (AvgIpc) is 2.84. The maximum atomic E-state index is 12.0. The normalized spacial score (nSPS) is 11.9. The number of amides is 1. The summed E-state index contributed by atoms with van der Waals surface area (Å²) in [5.74, 6) is 5.38. The Balaban J connectivity index is 1.92. The second-order valence-electron chi connectivity index (χ2n) is 4.54. The van der Waals surface area contributed by atoms with Gasteiger partial charge >= 0.3 is 0 Å². The molecule has 0 aliphatic rings. The van der Waals surface area contributed by atoms with Gasteiger partial charge in [0.2, 0.25) is 0 Å². The van der Waals surface area contributed by atoms with Crippen molar-refractivity contribution in [2.75, 3.05) is 5.43 Å². The predicted molar refractivity (Wildman–Crippen MR) is 79.5 cm³/mol. The summed E-state index contributed by atoms with van der Waals surface area (Å²) in [4.78, 5) is 14.5. The minimum absolute atomic E-state index is 0.0367. The topological polar surface area (TPSA) is 92.9 Å². The van der Waals surface area contributed by atoms with Crippen molar-refractivity contribution in [3.8, 4) is 0 Å². The number of nitrogens with zero attached hydrogens (tertiary/aromatic N) is 2. The SMILES string of the molecule is Cc1ccc(CC(C)NC(=O)c2ccc(NN)nn2)s1. The molecule has 6 nitrogen and oxygen atoms in total. The fourth-order valence-electron chi connectivity index (χ4n) is 1.78. The molecule has 0 aliphatic carbocycles. The summed E-state index contributed by atoms with van der Waals surface area (Å²) >= 11 is 1.74. The van der Waals surface area contributed by atoms with E-state index >= 15 is 0 Å². The molecule has 0 saturated heterocycles. The third-order valence-corrected chi connectivity index (χ3v) is 3.75. The maximum Gasteiger partial charge on any atom is 0.272 e. The number of carbonyl (C=O) groups excluding carboxylic acids is 1. The molecular formula is C13H17N5OS. The number of anilines is 1. The van der Waals surface area contributed by atoms with Gasteiger partial charge in [0, 0.05) is 22.2 Å². The van der Waals surface area contributed by atoms with Crippen LogP contribution in [0.1, 0.15) is 27.2 Å². The molecule has 0 bridgehead atoms. The lowest BCUT2D eigenvalue weighted by atomic mass is 10.2. The Labute approximate surface area is 121 Å². The molecule has 2 aromatic heterocycles. The minimum Gasteiger partial charge on any atom is -0.348 e. The summed E-state index contributed by atoms with van der Waals surface area (Å²) in [6.07, 6.45) is 0.806. The first-order valence-corrected chi connectivity index (χ1v) is 7.06. The Bertz CT molecular complexity index is 581. The van der Waals surface area contributed by atoms with Crippen LogP contribution in [0.25, 0.3) is 0 Å². The number of aromatic nitrogens is 2. The highest BCUT2D eigenvalue weighted by atomic mass is 32.1. The molecule has 7 heteroatoms. The summed E-state index contributed by atoms with van der Waals surface area (Å²) in [6, 6.07) is 7.40. The van der Waals surface area contributed by atoms with Crippen LogP contribution in [-0.2, 0) is 6.42 Å². The molecule has 0 saturated carbocycles. The Kier molecular flexibility index (Phi) is 4.65. The molecule has 2 rings (SSSR count). The summed E-state index contributed by atoms with van der Waals surface area (Å²) in [5.41, 5.74) is 2.64. The Morgan fingerprint density at radius 2 is 2.15 bits per heavy atom. The van der Waals surface area contributed by atoms with Crippen LogP contribution < -0.4 is 16.6 Å². The minimum atomic E-state index is -0.234. The van der Waals surface area contributed by atoms with Gasteiger partial charge in [-0.3, -0.25) is 4.79 Å². The molecule has 0 spiro atoms. The van der Waals surface area contributed by atoms with Gasteiger partial charge in [0.05, 0.1) is 0 Å². The lowest BCUT2D eigenvalue weighted by molar-refractivity contribution is 0.0934. The number of hydrogen-bond donors (Lipinski definition) is 3. The lowest BCUT2D eigenvalue weighted by Gasteiger charge is -2.12. The van der Waals surface area contributed by atoms with Crippen LogP contribution in [0.5, 0.6) is 0 Å². The number of rotatable bonds is 5. The zero-order chi connectivity index (χ0) is 14.5.